The van der Waals surface area contributed by atoms with Gasteiger partial charge in [-0.15, -0.1) is 0 Å². The molecule has 0 unspecified atom stereocenters. The van der Waals surface area contributed by atoms with Gasteiger partial charge in [0.25, 0.3) is 0 Å². The van der Waals surface area contributed by atoms with E-state index in [-0.39, 0.29) is 11.3 Å². The second-order valence-corrected chi connectivity index (χ2v) is 5.53. The lowest BCUT2D eigenvalue weighted by Gasteiger charge is -2.11. The summed E-state index contributed by atoms with van der Waals surface area (Å²) in [4.78, 5) is 12.3. The highest BCUT2D eigenvalue weighted by atomic mass is 19.4. The molecule has 0 saturated carbocycles. The summed E-state index contributed by atoms with van der Waals surface area (Å²) in [6.07, 6.45) is -1.87. The Morgan fingerprint density at radius 1 is 1.04 bits per heavy atom. The molecule has 0 amide bonds. The van der Waals surface area contributed by atoms with Crippen LogP contribution >= 0.6 is 0 Å². The summed E-state index contributed by atoms with van der Waals surface area (Å²) in [7, 11) is 3.00. The number of carbonyl (C=O) groups is 1. The number of ketones is 1. The quantitative estimate of drug-likeness (QED) is 0.380. The number of hydrogen-bond acceptors (Lipinski definition) is 4. The minimum Gasteiger partial charge on any atom is -0.493 e. The maximum Gasteiger partial charge on any atom is 0.416 e. The van der Waals surface area contributed by atoms with Crippen LogP contribution in [-0.2, 0) is 10.9 Å². The highest BCUT2D eigenvalue weighted by molar-refractivity contribution is 6.07. The Bertz CT molecular complexity index is 813. The minimum absolute atomic E-state index is 0.282. The van der Waals surface area contributed by atoms with Gasteiger partial charge in [0.2, 0.25) is 0 Å². The van der Waals surface area contributed by atoms with Crippen molar-refractivity contribution < 1.29 is 32.2 Å². The molecule has 0 N–H and O–H groups in total. The summed E-state index contributed by atoms with van der Waals surface area (Å²) in [5.74, 6) is 0.478. The van der Waals surface area contributed by atoms with Crippen LogP contribution in [0.3, 0.4) is 0 Å². The molecular weight excluding hydrogens is 361 g/mol. The molecule has 2 rings (SSSR count). The van der Waals surface area contributed by atoms with Crippen molar-refractivity contribution in [2.45, 2.75) is 6.18 Å². The molecule has 0 saturated heterocycles. The smallest absolute Gasteiger partial charge is 0.416 e. The molecular formula is C20H19F3O4. The lowest BCUT2D eigenvalue weighted by molar-refractivity contribution is -0.137. The molecule has 27 heavy (non-hydrogen) atoms. The topological polar surface area (TPSA) is 44.8 Å². The third-order valence-corrected chi connectivity index (χ3v) is 3.63. The van der Waals surface area contributed by atoms with Crippen molar-refractivity contribution in [3.8, 4) is 11.5 Å². The zero-order valence-electron chi connectivity index (χ0n) is 14.9. The van der Waals surface area contributed by atoms with E-state index in [9.17, 15) is 18.0 Å². The van der Waals surface area contributed by atoms with Gasteiger partial charge in [-0.05, 0) is 42.0 Å². The van der Waals surface area contributed by atoms with Crippen molar-refractivity contribution in [3.05, 3.63) is 65.2 Å². The second kappa shape index (κ2) is 9.23. The van der Waals surface area contributed by atoms with Gasteiger partial charge in [0, 0.05) is 12.7 Å². The fourth-order valence-electron chi connectivity index (χ4n) is 2.26. The minimum atomic E-state index is -4.43. The van der Waals surface area contributed by atoms with E-state index in [1.165, 1.54) is 37.5 Å². The van der Waals surface area contributed by atoms with E-state index in [4.69, 9.17) is 14.2 Å². The standard InChI is InChI=1S/C20H19F3O4/c1-25-10-11-27-18-9-7-15(13-19(18)26-2)17(24)8-6-14-4-3-5-16(12-14)20(21,22)23/h3-9,12-13H,10-11H2,1-2H3. The molecule has 0 atom stereocenters. The number of benzene rings is 2. The SMILES string of the molecule is COCCOc1ccc(C(=O)C=Cc2cccc(C(F)(F)F)c2)cc1OC. The molecule has 0 aliphatic rings. The molecule has 0 radical (unpaired) electrons. The molecule has 0 heterocycles. The Morgan fingerprint density at radius 2 is 1.81 bits per heavy atom. The highest BCUT2D eigenvalue weighted by Gasteiger charge is 2.30. The van der Waals surface area contributed by atoms with Crippen molar-refractivity contribution >= 4 is 11.9 Å². The van der Waals surface area contributed by atoms with Crippen LogP contribution in [0.25, 0.3) is 6.08 Å². The fourth-order valence-corrected chi connectivity index (χ4v) is 2.26. The Kier molecular flexibility index (Phi) is 7.01. The van der Waals surface area contributed by atoms with Gasteiger partial charge >= 0.3 is 6.18 Å². The van der Waals surface area contributed by atoms with Crippen LogP contribution in [0.4, 0.5) is 13.2 Å². The van der Waals surface area contributed by atoms with Crippen LogP contribution in [0.15, 0.2) is 48.5 Å². The molecule has 0 fully saturated rings. The normalized spacial score (nSPS) is 11.6. The first-order valence-corrected chi connectivity index (χ1v) is 8.04. The van der Waals surface area contributed by atoms with E-state index in [2.05, 4.69) is 0 Å². The number of hydrogen-bond donors (Lipinski definition) is 0. The molecule has 0 aromatic heterocycles. The number of carbonyl (C=O) groups excluding carboxylic acids is 1. The van der Waals surface area contributed by atoms with Gasteiger partial charge in [0.15, 0.2) is 17.3 Å². The van der Waals surface area contributed by atoms with Gasteiger partial charge in [0.05, 0.1) is 19.3 Å². The number of alkyl halides is 3. The molecule has 0 aliphatic heterocycles. The van der Waals surface area contributed by atoms with E-state index in [1.807, 2.05) is 0 Å². The summed E-state index contributed by atoms with van der Waals surface area (Å²) in [6.45, 7) is 0.735. The Labute approximate surface area is 155 Å². The third kappa shape index (κ3) is 5.86. The summed E-state index contributed by atoms with van der Waals surface area (Å²) < 4.78 is 53.8. The fraction of sp³-hybridized carbons (Fsp3) is 0.250. The van der Waals surface area contributed by atoms with Crippen LogP contribution < -0.4 is 9.47 Å². The van der Waals surface area contributed by atoms with Crippen LogP contribution in [-0.4, -0.2) is 33.2 Å². The Hall–Kier alpha value is -2.80. The first-order chi connectivity index (χ1) is 12.8. The average molecular weight is 380 g/mol. The highest BCUT2D eigenvalue weighted by Crippen LogP contribution is 2.30. The molecule has 2 aromatic carbocycles. The zero-order chi connectivity index (χ0) is 19.9. The van der Waals surface area contributed by atoms with Gasteiger partial charge in [-0.25, -0.2) is 0 Å². The van der Waals surface area contributed by atoms with E-state index < -0.39 is 11.7 Å². The molecule has 0 bridgehead atoms. The molecule has 0 aliphatic carbocycles. The second-order valence-electron chi connectivity index (χ2n) is 5.53. The molecule has 144 valence electrons. The van der Waals surface area contributed by atoms with E-state index in [0.29, 0.717) is 30.3 Å². The maximum atomic E-state index is 12.7. The predicted octanol–water partition coefficient (Wildman–Crippen LogP) is 4.64. The van der Waals surface area contributed by atoms with Crippen molar-refractivity contribution in [3.63, 3.8) is 0 Å². The van der Waals surface area contributed by atoms with Gasteiger partial charge in [-0.1, -0.05) is 18.2 Å². The number of allylic oxidation sites excluding steroid dienone is 1. The molecule has 7 heteroatoms. The van der Waals surface area contributed by atoms with Gasteiger partial charge < -0.3 is 14.2 Å². The Morgan fingerprint density at radius 3 is 2.48 bits per heavy atom. The summed E-state index contributed by atoms with van der Waals surface area (Å²) in [5.41, 5.74) is -0.157. The van der Waals surface area contributed by atoms with Crippen LogP contribution in [0, 0.1) is 0 Å². The number of methoxy groups -OCH3 is 2. The summed E-state index contributed by atoms with van der Waals surface area (Å²) in [6, 6.07) is 9.42. The number of halogens is 3. The molecule has 2 aromatic rings. The number of ether oxygens (including phenoxy) is 3. The largest absolute Gasteiger partial charge is 0.493 e. The number of rotatable bonds is 8. The predicted molar refractivity (Wildman–Crippen MR) is 95.2 cm³/mol. The van der Waals surface area contributed by atoms with Gasteiger partial charge in [-0.2, -0.15) is 13.2 Å². The van der Waals surface area contributed by atoms with E-state index in [0.717, 1.165) is 12.1 Å². The van der Waals surface area contributed by atoms with E-state index in [1.54, 1.807) is 19.2 Å². The zero-order valence-corrected chi connectivity index (χ0v) is 14.9. The molecule has 0 spiro atoms. The summed E-state index contributed by atoms with van der Waals surface area (Å²) >= 11 is 0. The Balaban J connectivity index is 2.14. The van der Waals surface area contributed by atoms with E-state index >= 15 is 0 Å². The third-order valence-electron chi connectivity index (χ3n) is 3.63. The first kappa shape index (κ1) is 20.5. The van der Waals surface area contributed by atoms with Crippen LogP contribution in [0.2, 0.25) is 0 Å². The van der Waals surface area contributed by atoms with Crippen molar-refractivity contribution in [2.24, 2.45) is 0 Å². The summed E-state index contributed by atoms with van der Waals surface area (Å²) in [5, 5.41) is 0. The van der Waals surface area contributed by atoms with Crippen molar-refractivity contribution in [1.29, 1.82) is 0 Å². The monoisotopic (exact) mass is 380 g/mol. The van der Waals surface area contributed by atoms with Gasteiger partial charge in [0.1, 0.15) is 6.61 Å². The van der Waals surface area contributed by atoms with Crippen molar-refractivity contribution in [1.82, 2.24) is 0 Å². The first-order valence-electron chi connectivity index (χ1n) is 8.04. The average Bonchev–Trinajstić information content (AvgIpc) is 2.66. The maximum absolute atomic E-state index is 12.7. The van der Waals surface area contributed by atoms with Crippen LogP contribution in [0.1, 0.15) is 21.5 Å². The van der Waals surface area contributed by atoms with Crippen molar-refractivity contribution in [2.75, 3.05) is 27.4 Å². The lowest BCUT2D eigenvalue weighted by atomic mass is 10.1. The lowest BCUT2D eigenvalue weighted by Crippen LogP contribution is -2.06. The van der Waals surface area contributed by atoms with Gasteiger partial charge in [-0.3, -0.25) is 4.79 Å². The molecule has 4 nitrogen and oxygen atoms in total. The van der Waals surface area contributed by atoms with Crippen LogP contribution in [0.5, 0.6) is 11.5 Å².